The van der Waals surface area contributed by atoms with Gasteiger partial charge in [0.1, 0.15) is 5.15 Å². The van der Waals surface area contributed by atoms with Crippen LogP contribution in [0.2, 0.25) is 5.15 Å². The average molecular weight is 255 g/mol. The van der Waals surface area contributed by atoms with Crippen LogP contribution in [-0.2, 0) is 6.54 Å². The van der Waals surface area contributed by atoms with E-state index >= 15 is 0 Å². The van der Waals surface area contributed by atoms with Crippen molar-refractivity contribution in [3.63, 3.8) is 0 Å². The number of hydrogen-bond donors (Lipinski definition) is 1. The first kappa shape index (κ1) is 11.8. The van der Waals surface area contributed by atoms with E-state index in [0.717, 1.165) is 6.07 Å². The molecule has 1 heterocycles. The Bertz CT molecular complexity index is 532. The molecule has 2 nitrogen and oxygen atoms in total. The van der Waals surface area contributed by atoms with E-state index in [1.807, 2.05) is 0 Å². The zero-order valence-corrected chi connectivity index (χ0v) is 9.51. The fourth-order valence-electron chi connectivity index (χ4n) is 1.39. The summed E-state index contributed by atoms with van der Waals surface area (Å²) < 4.78 is 26.3. The van der Waals surface area contributed by atoms with E-state index in [9.17, 15) is 8.78 Å². The Morgan fingerprint density at radius 1 is 1.24 bits per heavy atom. The maximum Gasteiger partial charge on any atom is 0.163 e. The van der Waals surface area contributed by atoms with Gasteiger partial charge in [-0.1, -0.05) is 23.7 Å². The molecule has 0 bridgehead atoms. The van der Waals surface area contributed by atoms with Crippen LogP contribution in [-0.4, -0.2) is 4.98 Å². The van der Waals surface area contributed by atoms with Gasteiger partial charge in [-0.25, -0.2) is 13.8 Å². The first-order chi connectivity index (χ1) is 8.16. The second-order valence-corrected chi connectivity index (χ2v) is 3.82. The first-order valence-corrected chi connectivity index (χ1v) is 5.33. The third kappa shape index (κ3) is 2.91. The maximum absolute atomic E-state index is 13.3. The van der Waals surface area contributed by atoms with Gasteiger partial charge in [0, 0.05) is 24.0 Å². The van der Waals surface area contributed by atoms with Crippen molar-refractivity contribution in [2.45, 2.75) is 6.54 Å². The van der Waals surface area contributed by atoms with Crippen LogP contribution in [0.4, 0.5) is 14.5 Å². The van der Waals surface area contributed by atoms with Crippen molar-refractivity contribution in [1.29, 1.82) is 0 Å². The van der Waals surface area contributed by atoms with Gasteiger partial charge in [-0.2, -0.15) is 0 Å². The molecule has 0 aliphatic heterocycles. The normalized spacial score (nSPS) is 10.3. The molecule has 1 aromatic carbocycles. The van der Waals surface area contributed by atoms with Crippen LogP contribution in [0.3, 0.4) is 0 Å². The van der Waals surface area contributed by atoms with Crippen LogP contribution in [0.25, 0.3) is 0 Å². The second kappa shape index (κ2) is 5.10. The minimum Gasteiger partial charge on any atom is -0.381 e. The number of aromatic nitrogens is 1. The lowest BCUT2D eigenvalue weighted by atomic mass is 10.2. The summed E-state index contributed by atoms with van der Waals surface area (Å²) >= 11 is 5.70. The van der Waals surface area contributed by atoms with Crippen molar-refractivity contribution in [3.8, 4) is 0 Å². The van der Waals surface area contributed by atoms with Crippen molar-refractivity contribution in [1.82, 2.24) is 4.98 Å². The van der Waals surface area contributed by atoms with Gasteiger partial charge < -0.3 is 5.32 Å². The van der Waals surface area contributed by atoms with Gasteiger partial charge in [0.2, 0.25) is 0 Å². The molecule has 0 fully saturated rings. The summed E-state index contributed by atoms with van der Waals surface area (Å²) in [5, 5.41) is 3.28. The molecule has 5 heteroatoms. The van der Waals surface area contributed by atoms with Crippen LogP contribution < -0.4 is 5.32 Å². The highest BCUT2D eigenvalue weighted by molar-refractivity contribution is 6.29. The van der Waals surface area contributed by atoms with E-state index in [4.69, 9.17) is 11.6 Å². The Morgan fingerprint density at radius 3 is 2.82 bits per heavy atom. The molecule has 2 rings (SSSR count). The lowest BCUT2D eigenvalue weighted by Crippen LogP contribution is -2.03. The summed E-state index contributed by atoms with van der Waals surface area (Å²) in [6.07, 6.45) is 1.53. The molecule has 0 saturated heterocycles. The third-order valence-electron chi connectivity index (χ3n) is 2.24. The Morgan fingerprint density at radius 2 is 2.06 bits per heavy atom. The highest BCUT2D eigenvalue weighted by atomic mass is 35.5. The largest absolute Gasteiger partial charge is 0.381 e. The number of anilines is 1. The highest BCUT2D eigenvalue weighted by Gasteiger charge is 2.06. The summed E-state index contributed by atoms with van der Waals surface area (Å²) in [5.41, 5.74) is 0.964. The summed E-state index contributed by atoms with van der Waals surface area (Å²) in [6.45, 7) is 0.184. The van der Waals surface area contributed by atoms with Crippen molar-refractivity contribution in [2.24, 2.45) is 0 Å². The molecule has 0 amide bonds. The van der Waals surface area contributed by atoms with Crippen LogP contribution in [0.15, 0.2) is 36.5 Å². The number of benzene rings is 1. The molecule has 1 aromatic heterocycles. The Hall–Kier alpha value is -1.68. The number of halogens is 3. The first-order valence-electron chi connectivity index (χ1n) is 4.95. The summed E-state index contributed by atoms with van der Waals surface area (Å²) in [7, 11) is 0. The lowest BCUT2D eigenvalue weighted by molar-refractivity contribution is 0.500. The molecule has 88 valence electrons. The minimum atomic E-state index is -0.850. The summed E-state index contributed by atoms with van der Waals surface area (Å²) in [6, 6.07) is 7.38. The fourth-order valence-corrected chi connectivity index (χ4v) is 1.57. The van der Waals surface area contributed by atoms with Gasteiger partial charge in [0.15, 0.2) is 11.6 Å². The van der Waals surface area contributed by atoms with Gasteiger partial charge in [-0.05, 0) is 18.2 Å². The predicted octanol–water partition coefficient (Wildman–Crippen LogP) is 3.63. The van der Waals surface area contributed by atoms with Gasteiger partial charge in [-0.15, -0.1) is 0 Å². The molecule has 0 aliphatic rings. The fraction of sp³-hybridized carbons (Fsp3) is 0.0833. The van der Waals surface area contributed by atoms with Crippen molar-refractivity contribution >= 4 is 17.3 Å². The molecule has 0 unspecified atom stereocenters. The standard InChI is InChI=1S/C12H9ClF2N2/c13-11-6-9(4-5-16-11)17-7-8-2-1-3-10(14)12(8)15/h1-6H,7H2,(H,16,17). The topological polar surface area (TPSA) is 24.9 Å². The predicted molar refractivity (Wildman–Crippen MR) is 62.9 cm³/mol. The SMILES string of the molecule is Fc1cccc(CNc2ccnc(Cl)c2)c1F. The number of rotatable bonds is 3. The van der Waals surface area contributed by atoms with Crippen LogP contribution in [0.1, 0.15) is 5.56 Å². The number of hydrogen-bond acceptors (Lipinski definition) is 2. The zero-order valence-electron chi connectivity index (χ0n) is 8.75. The Kier molecular flexibility index (Phi) is 3.54. The molecule has 0 radical (unpaired) electrons. The Balaban J connectivity index is 2.10. The maximum atomic E-state index is 13.3. The van der Waals surface area contributed by atoms with Crippen LogP contribution >= 0.6 is 11.6 Å². The lowest BCUT2D eigenvalue weighted by Gasteiger charge is -2.07. The molecular formula is C12H9ClF2N2. The van der Waals surface area contributed by atoms with E-state index in [1.54, 1.807) is 12.1 Å². The smallest absolute Gasteiger partial charge is 0.163 e. The van der Waals surface area contributed by atoms with Crippen molar-refractivity contribution in [2.75, 3.05) is 5.32 Å². The molecule has 17 heavy (non-hydrogen) atoms. The van der Waals surface area contributed by atoms with E-state index in [2.05, 4.69) is 10.3 Å². The van der Waals surface area contributed by atoms with Crippen LogP contribution in [0.5, 0.6) is 0 Å². The molecule has 0 atom stereocenters. The number of nitrogens with one attached hydrogen (secondary N) is 1. The van der Waals surface area contributed by atoms with Gasteiger partial charge in [0.05, 0.1) is 0 Å². The average Bonchev–Trinajstić information content (AvgIpc) is 2.31. The van der Waals surface area contributed by atoms with Gasteiger partial charge in [0.25, 0.3) is 0 Å². The van der Waals surface area contributed by atoms with E-state index in [0.29, 0.717) is 10.8 Å². The molecule has 2 aromatic rings. The van der Waals surface area contributed by atoms with Crippen molar-refractivity contribution in [3.05, 3.63) is 58.9 Å². The second-order valence-electron chi connectivity index (χ2n) is 3.43. The number of nitrogens with zero attached hydrogens (tertiary/aromatic N) is 1. The Labute approximate surface area is 102 Å². The number of pyridine rings is 1. The van der Waals surface area contributed by atoms with E-state index in [-0.39, 0.29) is 12.1 Å². The summed E-state index contributed by atoms with van der Waals surface area (Å²) in [5.74, 6) is -1.68. The van der Waals surface area contributed by atoms with E-state index < -0.39 is 11.6 Å². The minimum absolute atomic E-state index is 0.184. The molecule has 1 N–H and O–H groups in total. The quantitative estimate of drug-likeness (QED) is 0.846. The van der Waals surface area contributed by atoms with Crippen molar-refractivity contribution < 1.29 is 8.78 Å². The van der Waals surface area contributed by atoms with E-state index in [1.165, 1.54) is 18.3 Å². The third-order valence-corrected chi connectivity index (χ3v) is 2.45. The van der Waals surface area contributed by atoms with Crippen LogP contribution in [0, 0.1) is 11.6 Å². The van der Waals surface area contributed by atoms with Gasteiger partial charge >= 0.3 is 0 Å². The molecule has 0 saturated carbocycles. The van der Waals surface area contributed by atoms with Gasteiger partial charge in [-0.3, -0.25) is 0 Å². The highest BCUT2D eigenvalue weighted by Crippen LogP contribution is 2.15. The summed E-state index contributed by atoms with van der Waals surface area (Å²) in [4.78, 5) is 3.82. The zero-order chi connectivity index (χ0) is 12.3. The molecular weight excluding hydrogens is 246 g/mol. The molecule has 0 spiro atoms. The molecule has 0 aliphatic carbocycles. The monoisotopic (exact) mass is 254 g/mol.